The first-order valence-electron chi connectivity index (χ1n) is 5.75. The van der Waals surface area contributed by atoms with E-state index in [-0.39, 0.29) is 12.0 Å². The van der Waals surface area contributed by atoms with Crippen LogP contribution in [0.15, 0.2) is 0 Å². The first kappa shape index (κ1) is 12.5. The van der Waals surface area contributed by atoms with Gasteiger partial charge < -0.3 is 15.4 Å². The standard InChI is InChI=1S/C11H22N2O2/c1-3-6-13(9-4-5-9)11(14)7-10(8-12)15-2/h9-10H,3-8,12H2,1-2H3. The first-order valence-corrected chi connectivity index (χ1v) is 5.75. The summed E-state index contributed by atoms with van der Waals surface area (Å²) in [5.74, 6) is 0.191. The van der Waals surface area contributed by atoms with Gasteiger partial charge in [0.25, 0.3) is 0 Å². The topological polar surface area (TPSA) is 55.6 Å². The van der Waals surface area contributed by atoms with Crippen molar-refractivity contribution in [1.82, 2.24) is 4.90 Å². The van der Waals surface area contributed by atoms with Crippen LogP contribution < -0.4 is 5.73 Å². The molecule has 1 atom stereocenters. The highest BCUT2D eigenvalue weighted by Crippen LogP contribution is 2.27. The molecule has 1 rings (SSSR count). The molecule has 1 aliphatic rings. The maximum Gasteiger partial charge on any atom is 0.225 e. The lowest BCUT2D eigenvalue weighted by Gasteiger charge is -2.23. The van der Waals surface area contributed by atoms with Gasteiger partial charge in [-0.2, -0.15) is 0 Å². The summed E-state index contributed by atoms with van der Waals surface area (Å²) in [6, 6.07) is 0.493. The summed E-state index contributed by atoms with van der Waals surface area (Å²) in [4.78, 5) is 13.9. The van der Waals surface area contributed by atoms with Gasteiger partial charge >= 0.3 is 0 Å². The third-order valence-electron chi connectivity index (χ3n) is 2.77. The minimum Gasteiger partial charge on any atom is -0.380 e. The molecule has 1 unspecified atom stereocenters. The molecule has 0 aromatic heterocycles. The molecular weight excluding hydrogens is 192 g/mol. The number of amides is 1. The molecule has 1 fully saturated rings. The van der Waals surface area contributed by atoms with Crippen molar-refractivity contribution in [3.63, 3.8) is 0 Å². The number of hydrogen-bond acceptors (Lipinski definition) is 3. The van der Waals surface area contributed by atoms with Crippen LogP contribution in [0.2, 0.25) is 0 Å². The Morgan fingerprint density at radius 3 is 2.67 bits per heavy atom. The van der Waals surface area contributed by atoms with Gasteiger partial charge in [-0.15, -0.1) is 0 Å². The van der Waals surface area contributed by atoms with Gasteiger partial charge in [0.1, 0.15) is 0 Å². The summed E-state index contributed by atoms with van der Waals surface area (Å²) < 4.78 is 5.13. The number of rotatable bonds is 7. The Kier molecular flexibility index (Phi) is 5.05. The Morgan fingerprint density at radius 2 is 2.27 bits per heavy atom. The van der Waals surface area contributed by atoms with E-state index in [2.05, 4.69) is 6.92 Å². The molecule has 0 aromatic carbocycles. The van der Waals surface area contributed by atoms with Crippen LogP contribution in [-0.2, 0) is 9.53 Å². The fraction of sp³-hybridized carbons (Fsp3) is 0.909. The summed E-state index contributed by atoms with van der Waals surface area (Å²) in [6.45, 7) is 3.37. The molecule has 1 aliphatic carbocycles. The van der Waals surface area contributed by atoms with Gasteiger partial charge in [0.05, 0.1) is 12.5 Å². The molecule has 88 valence electrons. The second-order valence-corrected chi connectivity index (χ2v) is 4.12. The summed E-state index contributed by atoms with van der Waals surface area (Å²) in [6.07, 6.45) is 3.62. The largest absolute Gasteiger partial charge is 0.380 e. The third-order valence-corrected chi connectivity index (χ3v) is 2.77. The maximum absolute atomic E-state index is 11.9. The first-order chi connectivity index (χ1) is 7.22. The van der Waals surface area contributed by atoms with Crippen molar-refractivity contribution in [3.05, 3.63) is 0 Å². The number of hydrogen-bond donors (Lipinski definition) is 1. The number of ether oxygens (including phenoxy) is 1. The fourth-order valence-electron chi connectivity index (χ4n) is 1.71. The highest BCUT2D eigenvalue weighted by Gasteiger charge is 2.32. The molecule has 0 aliphatic heterocycles. The molecule has 1 saturated carbocycles. The quantitative estimate of drug-likeness (QED) is 0.680. The minimum absolute atomic E-state index is 0.129. The van der Waals surface area contributed by atoms with Crippen LogP contribution in [0.4, 0.5) is 0 Å². The summed E-state index contributed by atoms with van der Waals surface area (Å²) in [5, 5.41) is 0. The Bertz CT molecular complexity index is 201. The van der Waals surface area contributed by atoms with Crippen LogP contribution in [0.3, 0.4) is 0 Å². The Hall–Kier alpha value is -0.610. The van der Waals surface area contributed by atoms with E-state index in [1.54, 1.807) is 7.11 Å². The summed E-state index contributed by atoms with van der Waals surface area (Å²) in [5.41, 5.74) is 5.50. The number of nitrogens with zero attached hydrogens (tertiary/aromatic N) is 1. The van der Waals surface area contributed by atoms with Gasteiger partial charge in [-0.05, 0) is 19.3 Å². The average Bonchev–Trinajstić information content (AvgIpc) is 3.06. The van der Waals surface area contributed by atoms with E-state index in [4.69, 9.17) is 10.5 Å². The number of nitrogens with two attached hydrogens (primary N) is 1. The Labute approximate surface area is 91.8 Å². The van der Waals surface area contributed by atoms with Gasteiger partial charge in [0.2, 0.25) is 5.91 Å². The molecule has 1 amide bonds. The zero-order valence-corrected chi connectivity index (χ0v) is 9.74. The van der Waals surface area contributed by atoms with E-state index in [0.717, 1.165) is 25.8 Å². The van der Waals surface area contributed by atoms with Crippen LogP contribution >= 0.6 is 0 Å². The molecule has 0 spiro atoms. The second kappa shape index (κ2) is 6.08. The Balaban J connectivity index is 2.40. The molecular formula is C11H22N2O2. The van der Waals surface area contributed by atoms with E-state index in [0.29, 0.717) is 19.0 Å². The van der Waals surface area contributed by atoms with Gasteiger partial charge in [0.15, 0.2) is 0 Å². The summed E-state index contributed by atoms with van der Waals surface area (Å²) in [7, 11) is 1.60. The number of carbonyl (C=O) groups excluding carboxylic acids is 1. The van der Waals surface area contributed by atoms with Crippen molar-refractivity contribution >= 4 is 5.91 Å². The highest BCUT2D eigenvalue weighted by atomic mass is 16.5. The molecule has 0 saturated heterocycles. The third kappa shape index (κ3) is 3.80. The molecule has 2 N–H and O–H groups in total. The molecule has 4 heteroatoms. The summed E-state index contributed by atoms with van der Waals surface area (Å²) >= 11 is 0. The van der Waals surface area contributed by atoms with Gasteiger partial charge in [-0.25, -0.2) is 0 Å². The van der Waals surface area contributed by atoms with E-state index in [1.165, 1.54) is 0 Å². The Morgan fingerprint density at radius 1 is 1.60 bits per heavy atom. The molecule has 0 bridgehead atoms. The van der Waals surface area contributed by atoms with Crippen LogP contribution in [0.25, 0.3) is 0 Å². The van der Waals surface area contributed by atoms with E-state index >= 15 is 0 Å². The lowest BCUT2D eigenvalue weighted by atomic mass is 10.2. The minimum atomic E-state index is -0.129. The lowest BCUT2D eigenvalue weighted by Crippen LogP contribution is -2.37. The zero-order chi connectivity index (χ0) is 11.3. The maximum atomic E-state index is 11.9. The number of carbonyl (C=O) groups is 1. The molecule has 0 heterocycles. The second-order valence-electron chi connectivity index (χ2n) is 4.12. The van der Waals surface area contributed by atoms with E-state index < -0.39 is 0 Å². The van der Waals surface area contributed by atoms with E-state index in [9.17, 15) is 4.79 Å². The van der Waals surface area contributed by atoms with E-state index in [1.807, 2.05) is 4.90 Å². The van der Waals surface area contributed by atoms with Crippen molar-refractivity contribution in [2.45, 2.75) is 44.8 Å². The smallest absolute Gasteiger partial charge is 0.225 e. The normalized spacial score (nSPS) is 17.5. The molecule has 15 heavy (non-hydrogen) atoms. The van der Waals surface area contributed by atoms with Crippen LogP contribution in [0.5, 0.6) is 0 Å². The van der Waals surface area contributed by atoms with Crippen molar-refractivity contribution < 1.29 is 9.53 Å². The SMILES string of the molecule is CCCN(C(=O)CC(CN)OC)C1CC1. The van der Waals surface area contributed by atoms with Crippen molar-refractivity contribution in [3.8, 4) is 0 Å². The molecule has 4 nitrogen and oxygen atoms in total. The predicted octanol–water partition coefficient (Wildman–Crippen LogP) is 0.751. The van der Waals surface area contributed by atoms with Crippen LogP contribution in [0, 0.1) is 0 Å². The zero-order valence-electron chi connectivity index (χ0n) is 9.74. The van der Waals surface area contributed by atoms with Gasteiger partial charge in [0, 0.05) is 26.2 Å². The molecule has 0 aromatic rings. The van der Waals surface area contributed by atoms with Gasteiger partial charge in [-0.3, -0.25) is 4.79 Å². The van der Waals surface area contributed by atoms with Crippen LogP contribution in [0.1, 0.15) is 32.6 Å². The lowest BCUT2D eigenvalue weighted by molar-refractivity contribution is -0.134. The fourth-order valence-corrected chi connectivity index (χ4v) is 1.71. The van der Waals surface area contributed by atoms with Crippen molar-refractivity contribution in [1.29, 1.82) is 0 Å². The monoisotopic (exact) mass is 214 g/mol. The van der Waals surface area contributed by atoms with Crippen molar-refractivity contribution in [2.75, 3.05) is 20.2 Å². The molecule has 0 radical (unpaired) electrons. The van der Waals surface area contributed by atoms with Crippen molar-refractivity contribution in [2.24, 2.45) is 5.73 Å². The number of methoxy groups -OCH3 is 1. The van der Waals surface area contributed by atoms with Gasteiger partial charge in [-0.1, -0.05) is 6.92 Å². The highest BCUT2D eigenvalue weighted by molar-refractivity contribution is 5.77. The van der Waals surface area contributed by atoms with Crippen LogP contribution in [-0.4, -0.2) is 43.2 Å². The predicted molar refractivity (Wildman–Crippen MR) is 59.5 cm³/mol. The average molecular weight is 214 g/mol.